The Hall–Kier alpha value is -2.90. The molecule has 0 aliphatic heterocycles. The predicted molar refractivity (Wildman–Crippen MR) is 78.2 cm³/mol. The molecule has 0 atom stereocenters. The molecule has 0 spiro atoms. The Balaban J connectivity index is 2.13. The molecule has 2 rings (SSSR count). The molecule has 8 heteroatoms. The number of hydrogen-bond donors (Lipinski definition) is 2. The molecule has 1 aromatic carbocycles. The summed E-state index contributed by atoms with van der Waals surface area (Å²) in [7, 11) is 3.14. The molecule has 1 heterocycles. The molecule has 0 unspecified atom stereocenters. The Kier molecular flexibility index (Phi) is 4.50. The lowest BCUT2D eigenvalue weighted by Gasteiger charge is -2.05. The highest BCUT2D eigenvalue weighted by Crippen LogP contribution is 2.21. The zero-order valence-corrected chi connectivity index (χ0v) is 11.9. The van der Waals surface area contributed by atoms with E-state index in [1.807, 2.05) is 0 Å². The summed E-state index contributed by atoms with van der Waals surface area (Å²) >= 11 is 0. The number of rotatable bonds is 5. The second-order valence-electron chi connectivity index (χ2n) is 4.10. The van der Waals surface area contributed by atoms with Crippen LogP contribution in [0, 0.1) is 6.92 Å². The van der Waals surface area contributed by atoms with Crippen LogP contribution in [0.15, 0.2) is 28.1 Å². The number of ether oxygens (including phenoxy) is 2. The molecular weight excluding hydrogens is 274 g/mol. The number of nitrogens with zero attached hydrogens (tertiary/aromatic N) is 3. The van der Waals surface area contributed by atoms with Gasteiger partial charge < -0.3 is 9.47 Å². The van der Waals surface area contributed by atoms with Crippen LogP contribution in [0.3, 0.4) is 0 Å². The summed E-state index contributed by atoms with van der Waals surface area (Å²) < 4.78 is 10.3. The lowest BCUT2D eigenvalue weighted by Crippen LogP contribution is -2.15. The van der Waals surface area contributed by atoms with Gasteiger partial charge in [0, 0.05) is 11.6 Å². The second kappa shape index (κ2) is 6.51. The van der Waals surface area contributed by atoms with Gasteiger partial charge in [0.05, 0.1) is 20.4 Å². The summed E-state index contributed by atoms with van der Waals surface area (Å²) in [5.41, 5.74) is 3.34. The SMILES string of the molecule is COc1cc(C=NNc2nnc(C)c(=O)[nH]2)cc(OC)c1. The standard InChI is InChI=1S/C13H15N5O3/c1-8-12(19)15-13(18-16-8)17-14-7-9-4-10(20-2)6-11(5-9)21-3/h4-7H,1-3H3,(H2,15,17,18,19). The number of hydrazone groups is 1. The van der Waals surface area contributed by atoms with Gasteiger partial charge in [-0.1, -0.05) is 0 Å². The number of methoxy groups -OCH3 is 2. The van der Waals surface area contributed by atoms with E-state index in [-0.39, 0.29) is 11.5 Å². The van der Waals surface area contributed by atoms with Gasteiger partial charge in [0.1, 0.15) is 17.2 Å². The topological polar surface area (TPSA) is 101 Å². The molecule has 0 saturated carbocycles. The molecule has 0 fully saturated rings. The summed E-state index contributed by atoms with van der Waals surface area (Å²) in [6.07, 6.45) is 1.55. The van der Waals surface area contributed by atoms with E-state index in [0.717, 1.165) is 5.56 Å². The van der Waals surface area contributed by atoms with E-state index in [1.54, 1.807) is 45.6 Å². The van der Waals surface area contributed by atoms with Gasteiger partial charge in [-0.25, -0.2) is 5.43 Å². The molecule has 0 amide bonds. The van der Waals surface area contributed by atoms with Crippen LogP contribution in [0.4, 0.5) is 5.95 Å². The lowest BCUT2D eigenvalue weighted by molar-refractivity contribution is 0.394. The molecule has 1 aromatic heterocycles. The third kappa shape index (κ3) is 3.78. The van der Waals surface area contributed by atoms with Crippen LogP contribution >= 0.6 is 0 Å². The summed E-state index contributed by atoms with van der Waals surface area (Å²) in [6, 6.07) is 5.34. The molecule has 2 N–H and O–H groups in total. The van der Waals surface area contributed by atoms with Crippen molar-refractivity contribution in [3.05, 3.63) is 39.8 Å². The first-order valence-electron chi connectivity index (χ1n) is 6.08. The highest BCUT2D eigenvalue weighted by atomic mass is 16.5. The van der Waals surface area contributed by atoms with E-state index in [9.17, 15) is 4.79 Å². The Morgan fingerprint density at radius 1 is 1.19 bits per heavy atom. The van der Waals surface area contributed by atoms with Crippen LogP contribution in [0.5, 0.6) is 11.5 Å². The van der Waals surface area contributed by atoms with Crippen LogP contribution in [0.2, 0.25) is 0 Å². The summed E-state index contributed by atoms with van der Waals surface area (Å²) in [6.45, 7) is 1.57. The molecule has 0 aliphatic carbocycles. The summed E-state index contributed by atoms with van der Waals surface area (Å²) in [5.74, 6) is 1.47. The Bertz CT molecular complexity index is 689. The molecular formula is C13H15N5O3. The smallest absolute Gasteiger partial charge is 0.274 e. The normalized spacial score (nSPS) is 10.6. The fourth-order valence-electron chi connectivity index (χ4n) is 1.52. The van der Waals surface area contributed by atoms with Crippen molar-refractivity contribution in [2.24, 2.45) is 5.10 Å². The number of hydrogen-bond acceptors (Lipinski definition) is 7. The van der Waals surface area contributed by atoms with Gasteiger partial charge in [0.25, 0.3) is 5.56 Å². The number of anilines is 1. The Morgan fingerprint density at radius 2 is 1.86 bits per heavy atom. The quantitative estimate of drug-likeness (QED) is 0.627. The van der Waals surface area contributed by atoms with Crippen molar-refractivity contribution < 1.29 is 9.47 Å². The molecule has 0 saturated heterocycles. The van der Waals surface area contributed by atoms with Crippen molar-refractivity contribution in [2.45, 2.75) is 6.92 Å². The van der Waals surface area contributed by atoms with Gasteiger partial charge in [0.2, 0.25) is 5.95 Å². The fraction of sp³-hybridized carbons (Fsp3) is 0.231. The van der Waals surface area contributed by atoms with Gasteiger partial charge in [-0.2, -0.15) is 5.10 Å². The number of aryl methyl sites for hydroxylation is 1. The van der Waals surface area contributed by atoms with Crippen molar-refractivity contribution in [3.63, 3.8) is 0 Å². The van der Waals surface area contributed by atoms with E-state index in [2.05, 4.69) is 25.7 Å². The minimum Gasteiger partial charge on any atom is -0.497 e. The maximum atomic E-state index is 11.4. The maximum absolute atomic E-state index is 11.4. The summed E-state index contributed by atoms with van der Waals surface area (Å²) in [5, 5.41) is 11.4. The minimum absolute atomic E-state index is 0.164. The average Bonchev–Trinajstić information content (AvgIpc) is 2.50. The third-order valence-corrected chi connectivity index (χ3v) is 2.62. The van der Waals surface area contributed by atoms with Gasteiger partial charge in [-0.3, -0.25) is 9.78 Å². The Morgan fingerprint density at radius 3 is 2.43 bits per heavy atom. The van der Waals surface area contributed by atoms with Crippen molar-refractivity contribution in [1.82, 2.24) is 15.2 Å². The van der Waals surface area contributed by atoms with Crippen LogP contribution < -0.4 is 20.5 Å². The van der Waals surface area contributed by atoms with E-state index in [4.69, 9.17) is 9.47 Å². The van der Waals surface area contributed by atoms with Crippen LogP contribution in [0.1, 0.15) is 11.3 Å². The zero-order valence-electron chi connectivity index (χ0n) is 11.9. The van der Waals surface area contributed by atoms with Crippen molar-refractivity contribution in [3.8, 4) is 11.5 Å². The first-order valence-corrected chi connectivity index (χ1v) is 6.08. The highest BCUT2D eigenvalue weighted by molar-refractivity contribution is 5.81. The minimum atomic E-state index is -0.314. The largest absolute Gasteiger partial charge is 0.497 e. The van der Waals surface area contributed by atoms with Crippen LogP contribution in [-0.2, 0) is 0 Å². The first-order chi connectivity index (χ1) is 10.1. The van der Waals surface area contributed by atoms with Crippen molar-refractivity contribution in [1.29, 1.82) is 0 Å². The predicted octanol–water partition coefficient (Wildman–Crippen LogP) is 0.937. The molecule has 0 radical (unpaired) electrons. The van der Waals surface area contributed by atoms with Gasteiger partial charge in [-0.15, -0.1) is 10.2 Å². The van der Waals surface area contributed by atoms with Crippen LogP contribution in [-0.4, -0.2) is 35.6 Å². The lowest BCUT2D eigenvalue weighted by atomic mass is 10.2. The molecule has 8 nitrogen and oxygen atoms in total. The van der Waals surface area contributed by atoms with Crippen molar-refractivity contribution in [2.75, 3.05) is 19.6 Å². The molecule has 110 valence electrons. The molecule has 21 heavy (non-hydrogen) atoms. The number of H-pyrrole nitrogens is 1. The van der Waals surface area contributed by atoms with Crippen LogP contribution in [0.25, 0.3) is 0 Å². The molecule has 0 aliphatic rings. The first kappa shape index (κ1) is 14.5. The number of nitrogens with one attached hydrogen (secondary N) is 2. The van der Waals surface area contributed by atoms with E-state index < -0.39 is 0 Å². The number of aromatic nitrogens is 3. The number of aromatic amines is 1. The third-order valence-electron chi connectivity index (χ3n) is 2.62. The average molecular weight is 289 g/mol. The zero-order chi connectivity index (χ0) is 15.2. The maximum Gasteiger partial charge on any atom is 0.274 e. The molecule has 0 bridgehead atoms. The van der Waals surface area contributed by atoms with Crippen molar-refractivity contribution >= 4 is 12.2 Å². The monoisotopic (exact) mass is 289 g/mol. The van der Waals surface area contributed by atoms with E-state index in [0.29, 0.717) is 17.2 Å². The van der Waals surface area contributed by atoms with E-state index >= 15 is 0 Å². The summed E-state index contributed by atoms with van der Waals surface area (Å²) in [4.78, 5) is 13.9. The van der Waals surface area contributed by atoms with E-state index in [1.165, 1.54) is 0 Å². The molecule has 2 aromatic rings. The van der Waals surface area contributed by atoms with Gasteiger partial charge in [-0.05, 0) is 19.1 Å². The number of benzene rings is 1. The van der Waals surface area contributed by atoms with Gasteiger partial charge >= 0.3 is 0 Å². The Labute approximate surface area is 120 Å². The van der Waals surface area contributed by atoms with Gasteiger partial charge in [0.15, 0.2) is 0 Å². The fourth-order valence-corrected chi connectivity index (χ4v) is 1.52. The highest BCUT2D eigenvalue weighted by Gasteiger charge is 2.00. The second-order valence-corrected chi connectivity index (χ2v) is 4.10.